The lowest BCUT2D eigenvalue weighted by Gasteiger charge is -2.60. The predicted molar refractivity (Wildman–Crippen MR) is 138 cm³/mol. The van der Waals surface area contributed by atoms with Gasteiger partial charge in [0, 0.05) is 46.8 Å². The Morgan fingerprint density at radius 3 is 2.60 bits per heavy atom. The quantitative estimate of drug-likeness (QED) is 0.428. The fourth-order valence-corrected chi connectivity index (χ4v) is 9.05. The van der Waals surface area contributed by atoms with Gasteiger partial charge in [-0.2, -0.15) is 0 Å². The first-order valence-corrected chi connectivity index (χ1v) is 14.4. The van der Waals surface area contributed by atoms with Gasteiger partial charge in [0.05, 0.1) is 11.9 Å². The Bertz CT molecular complexity index is 893. The number of aliphatic hydroxyl groups excluding tert-OH is 1. The van der Waals surface area contributed by atoms with E-state index in [1.807, 2.05) is 13.8 Å². The Morgan fingerprint density at radius 2 is 1.94 bits per heavy atom. The van der Waals surface area contributed by atoms with Gasteiger partial charge in [-0.15, -0.1) is 18.3 Å². The Kier molecular flexibility index (Phi) is 7.37. The number of carbonyl (C=O) groups excluding carboxylic acids is 3. The summed E-state index contributed by atoms with van der Waals surface area (Å²) in [7, 11) is 0. The fourth-order valence-electron chi connectivity index (χ4n) is 7.99. The van der Waals surface area contributed by atoms with E-state index in [0.717, 1.165) is 32.1 Å². The number of nitrogens with two attached hydrogens (primary N) is 1. The Labute approximate surface area is 214 Å². The molecule has 10 atom stereocenters. The number of esters is 1. The van der Waals surface area contributed by atoms with Crippen molar-refractivity contribution < 1.29 is 24.2 Å². The van der Waals surface area contributed by atoms with E-state index < -0.39 is 23.0 Å². The van der Waals surface area contributed by atoms with Crippen molar-refractivity contribution in [1.82, 2.24) is 0 Å². The van der Waals surface area contributed by atoms with Crippen LogP contribution in [0.2, 0.25) is 0 Å². The average Bonchev–Trinajstić information content (AvgIpc) is 3.17. The highest BCUT2D eigenvalue weighted by Gasteiger charge is 2.68. The molecule has 0 heterocycles. The second kappa shape index (κ2) is 9.60. The van der Waals surface area contributed by atoms with Crippen molar-refractivity contribution in [2.45, 2.75) is 103 Å². The van der Waals surface area contributed by atoms with Crippen LogP contribution in [-0.4, -0.2) is 51.9 Å². The number of Topliss-reactive ketones (excluding diaryl/α,β-unsaturated/α-hetero) is 2. The van der Waals surface area contributed by atoms with E-state index >= 15 is 0 Å². The largest absolute Gasteiger partial charge is 0.461 e. The minimum absolute atomic E-state index is 0.0113. The minimum atomic E-state index is -0.824. The molecule has 4 fully saturated rings. The van der Waals surface area contributed by atoms with Gasteiger partial charge in [0.2, 0.25) is 0 Å². The molecule has 35 heavy (non-hydrogen) atoms. The topological polar surface area (TPSA) is 107 Å². The minimum Gasteiger partial charge on any atom is -0.461 e. The first-order valence-electron chi connectivity index (χ1n) is 13.3. The molecule has 0 unspecified atom stereocenters. The van der Waals surface area contributed by atoms with E-state index in [1.54, 1.807) is 6.08 Å². The number of hydrogen-bond acceptors (Lipinski definition) is 7. The van der Waals surface area contributed by atoms with E-state index in [4.69, 9.17) is 10.5 Å². The van der Waals surface area contributed by atoms with Crippen LogP contribution in [0.15, 0.2) is 12.7 Å². The summed E-state index contributed by atoms with van der Waals surface area (Å²) in [6.45, 7) is 12.2. The number of allylic oxidation sites excluding steroid dienone is 1. The molecule has 0 spiro atoms. The summed E-state index contributed by atoms with van der Waals surface area (Å²) in [4.78, 5) is 40.5. The summed E-state index contributed by atoms with van der Waals surface area (Å²) in [5.74, 6) is -0.205. The summed E-state index contributed by atoms with van der Waals surface area (Å²) in [5, 5.41) is 10.3. The van der Waals surface area contributed by atoms with Crippen LogP contribution in [0, 0.1) is 34.0 Å². The maximum Gasteiger partial charge on any atom is 0.316 e. The number of carbonyl (C=O) groups is 3. The molecular formula is C28H43NO5S. The lowest BCUT2D eigenvalue weighted by atomic mass is 9.44. The van der Waals surface area contributed by atoms with Crippen LogP contribution in [0.5, 0.6) is 0 Å². The van der Waals surface area contributed by atoms with Gasteiger partial charge in [0.15, 0.2) is 0 Å². The molecule has 0 aromatic carbocycles. The fraction of sp³-hybridized carbons (Fsp3) is 0.821. The summed E-state index contributed by atoms with van der Waals surface area (Å²) < 4.78 is 6.25. The van der Waals surface area contributed by atoms with Crippen molar-refractivity contribution in [3.05, 3.63) is 12.7 Å². The first kappa shape index (κ1) is 26.9. The lowest BCUT2D eigenvalue weighted by molar-refractivity contribution is -0.191. The normalized spacial score (nSPS) is 48.0. The van der Waals surface area contributed by atoms with Gasteiger partial charge in [0.1, 0.15) is 17.7 Å². The molecule has 2 bridgehead atoms. The molecule has 4 aliphatic rings. The number of ketones is 2. The van der Waals surface area contributed by atoms with Gasteiger partial charge >= 0.3 is 5.97 Å². The Morgan fingerprint density at radius 1 is 1.23 bits per heavy atom. The zero-order valence-corrected chi connectivity index (χ0v) is 22.6. The molecular weight excluding hydrogens is 462 g/mol. The van der Waals surface area contributed by atoms with Gasteiger partial charge < -0.3 is 15.6 Å². The third-order valence-corrected chi connectivity index (χ3v) is 11.9. The Balaban J connectivity index is 1.63. The van der Waals surface area contributed by atoms with Crippen LogP contribution < -0.4 is 5.73 Å². The second-order valence-electron chi connectivity index (χ2n) is 12.3. The van der Waals surface area contributed by atoms with Crippen LogP contribution in [-0.2, 0) is 19.1 Å². The predicted octanol–water partition coefficient (Wildman–Crippen LogP) is 4.08. The Hall–Kier alpha value is -1.18. The monoisotopic (exact) mass is 505 g/mol. The molecule has 6 nitrogen and oxygen atoms in total. The van der Waals surface area contributed by atoms with Crippen LogP contribution in [0.25, 0.3) is 0 Å². The van der Waals surface area contributed by atoms with E-state index in [1.165, 1.54) is 11.8 Å². The molecule has 0 radical (unpaired) electrons. The van der Waals surface area contributed by atoms with Gasteiger partial charge in [-0.05, 0) is 56.8 Å². The van der Waals surface area contributed by atoms with Crippen LogP contribution >= 0.6 is 11.8 Å². The maximum absolute atomic E-state index is 13.8. The average molecular weight is 506 g/mol. The molecule has 0 aromatic rings. The second-order valence-corrected chi connectivity index (χ2v) is 13.5. The zero-order chi connectivity index (χ0) is 25.8. The summed E-state index contributed by atoms with van der Waals surface area (Å²) >= 11 is 1.43. The zero-order valence-electron chi connectivity index (χ0n) is 21.8. The van der Waals surface area contributed by atoms with E-state index in [9.17, 15) is 19.5 Å². The van der Waals surface area contributed by atoms with Crippen molar-refractivity contribution in [1.29, 1.82) is 0 Å². The first-order chi connectivity index (χ1) is 16.4. The van der Waals surface area contributed by atoms with Gasteiger partial charge in [-0.1, -0.05) is 26.8 Å². The molecule has 3 N–H and O–H groups in total. The van der Waals surface area contributed by atoms with Gasteiger partial charge in [-0.3, -0.25) is 14.4 Å². The third-order valence-electron chi connectivity index (χ3n) is 10.5. The number of aliphatic hydroxyl groups is 1. The molecule has 0 aromatic heterocycles. The summed E-state index contributed by atoms with van der Waals surface area (Å²) in [6, 6.07) is 0.0113. The smallest absolute Gasteiger partial charge is 0.316 e. The highest BCUT2D eigenvalue weighted by Crippen LogP contribution is 2.67. The van der Waals surface area contributed by atoms with Crippen LogP contribution in [0.4, 0.5) is 0 Å². The van der Waals surface area contributed by atoms with Crippen molar-refractivity contribution in [2.24, 2.45) is 39.7 Å². The molecule has 0 aliphatic heterocycles. The lowest BCUT2D eigenvalue weighted by Crippen LogP contribution is -2.62. The number of ether oxygens (including phenoxy) is 1. The van der Waals surface area contributed by atoms with Crippen LogP contribution in [0.3, 0.4) is 0 Å². The van der Waals surface area contributed by atoms with Crippen molar-refractivity contribution in [3.8, 4) is 0 Å². The number of thioether (sulfide) groups is 1. The summed E-state index contributed by atoms with van der Waals surface area (Å²) in [5.41, 5.74) is 4.22. The van der Waals surface area contributed by atoms with Crippen molar-refractivity contribution >= 4 is 29.3 Å². The highest BCUT2D eigenvalue weighted by atomic mass is 32.2. The van der Waals surface area contributed by atoms with E-state index in [0.29, 0.717) is 19.3 Å². The number of hydrogen-bond donors (Lipinski definition) is 2. The number of rotatable bonds is 5. The van der Waals surface area contributed by atoms with Crippen molar-refractivity contribution in [2.75, 3.05) is 5.75 Å². The summed E-state index contributed by atoms with van der Waals surface area (Å²) in [6.07, 6.45) is 6.16. The van der Waals surface area contributed by atoms with Crippen LogP contribution in [0.1, 0.15) is 79.1 Å². The molecule has 4 rings (SSSR count). The molecule has 4 saturated carbocycles. The highest BCUT2D eigenvalue weighted by molar-refractivity contribution is 8.00. The SMILES string of the molecule is C=C[C@]1(C)C[C@@H](OC(=O)CS[C@@H]2CC[C@@H](N)C[C@H]2O)[C@]2(C)[C@H](C)CC[C@]3(CCC(=O)[C@H]32)[C@@H](C)C1=O. The molecule has 0 saturated heterocycles. The van der Waals surface area contributed by atoms with Gasteiger partial charge in [0.25, 0.3) is 0 Å². The van der Waals surface area contributed by atoms with Crippen molar-refractivity contribution in [3.63, 3.8) is 0 Å². The molecule has 196 valence electrons. The third kappa shape index (κ3) is 4.33. The van der Waals surface area contributed by atoms with E-state index in [2.05, 4.69) is 20.4 Å². The maximum atomic E-state index is 13.8. The standard InChI is InChI=1S/C28H43NO5S/c1-6-26(4)14-22(34-23(32)15-35-21-8-7-18(29)13-20(21)31)27(5)16(2)9-11-28(17(3)25(26)33)12-10-19(30)24(27)28/h6,16-18,20-22,24,31H,1,7-15,29H2,2-5H3/t16-,17+,18-,20-,21-,22-,24+,26-,27+,28+/m1/s1. The van der Waals surface area contributed by atoms with E-state index in [-0.39, 0.29) is 57.7 Å². The van der Waals surface area contributed by atoms with Gasteiger partial charge in [-0.25, -0.2) is 0 Å². The molecule has 0 amide bonds. The molecule has 4 aliphatic carbocycles. The molecule has 7 heteroatoms.